The van der Waals surface area contributed by atoms with Crippen molar-refractivity contribution in [3.8, 4) is 0 Å². The maximum absolute atomic E-state index is 12.9. The molecule has 0 aromatic rings. The average Bonchev–Trinajstić information content (AvgIpc) is 2.77. The Kier molecular flexibility index (Phi) is 22.2. The van der Waals surface area contributed by atoms with Gasteiger partial charge in [0.15, 0.2) is 0 Å². The third kappa shape index (κ3) is 17.3. The Morgan fingerprint density at radius 2 is 0.788 bits per heavy atom. The monoisotopic (exact) mass is 472 g/mol. The van der Waals surface area contributed by atoms with E-state index < -0.39 is 10.6 Å². The minimum Gasteiger partial charge on any atom is -0.356 e. The second kappa shape index (κ2) is 22.0. The Hall–Kier alpha value is -1.83. The molecule has 0 aliphatic heterocycles. The lowest BCUT2D eigenvalue weighted by atomic mass is 9.79. The normalized spacial score (nSPS) is 10.9. The number of hydrogen-bond acceptors (Lipinski definition) is 6. The molecule has 0 aromatic carbocycles. The fourth-order valence-electron chi connectivity index (χ4n) is 3.77. The highest BCUT2D eigenvalue weighted by Crippen LogP contribution is 2.19. The summed E-state index contributed by atoms with van der Waals surface area (Å²) in [7, 11) is 0. The van der Waals surface area contributed by atoms with Gasteiger partial charge in [-0.25, -0.2) is 0 Å². The van der Waals surface area contributed by atoms with Gasteiger partial charge in [-0.2, -0.15) is 0 Å². The Labute approximate surface area is 200 Å². The first-order valence-electron chi connectivity index (χ1n) is 12.9. The zero-order valence-electron chi connectivity index (χ0n) is 21.3. The van der Waals surface area contributed by atoms with Crippen LogP contribution >= 0.6 is 0 Å². The molecule has 8 nitrogen and oxygen atoms in total. The molecule has 0 spiro atoms. The molecule has 0 amide bonds. The zero-order chi connectivity index (χ0) is 25.5. The van der Waals surface area contributed by atoms with E-state index in [9.17, 15) is 14.4 Å². The molecule has 0 fully saturated rings. The molecule has 0 aliphatic rings. The number of Topliss-reactive ketones (excluding diaryl/α,β-unsaturated/α-hetero) is 3. The molecule has 0 aliphatic carbocycles. The lowest BCUT2D eigenvalue weighted by molar-refractivity contribution is -0.421. The second-order valence-corrected chi connectivity index (χ2v) is 8.89. The summed E-state index contributed by atoms with van der Waals surface area (Å²) < 4.78 is 0. The summed E-state index contributed by atoms with van der Waals surface area (Å²) >= 11 is 0. The highest BCUT2D eigenvalue weighted by atomic mass is 16.9. The number of ketones is 3. The Morgan fingerprint density at radius 1 is 0.576 bits per heavy atom. The number of carbonyl (C=O) groups is 3. The Balaban J connectivity index is 0. The first-order valence-corrected chi connectivity index (χ1v) is 12.9. The predicted molar refractivity (Wildman–Crippen MR) is 131 cm³/mol. The topological polar surface area (TPSA) is 145 Å². The fraction of sp³-hybridized carbons (Fsp3) is 0.880. The van der Waals surface area contributed by atoms with Crippen molar-refractivity contribution < 1.29 is 25.2 Å². The van der Waals surface area contributed by atoms with Crippen LogP contribution in [-0.2, 0) is 14.4 Å². The van der Waals surface area contributed by atoms with E-state index in [1.807, 2.05) is 0 Å². The molecule has 0 radical (unpaired) electrons. The van der Waals surface area contributed by atoms with E-state index in [-0.39, 0.29) is 17.3 Å². The van der Waals surface area contributed by atoms with Gasteiger partial charge in [0.05, 0.1) is 5.09 Å². The van der Waals surface area contributed by atoms with Crippen LogP contribution in [0.2, 0.25) is 0 Å². The van der Waals surface area contributed by atoms with Crippen LogP contribution in [0.1, 0.15) is 136 Å². The molecular formula is C25H48N2O6. The van der Waals surface area contributed by atoms with Crippen LogP contribution in [0.5, 0.6) is 0 Å². The quantitative estimate of drug-likeness (QED) is 0.101. The number of hydrogen-bond donors (Lipinski definition) is 1. The van der Waals surface area contributed by atoms with E-state index in [4.69, 9.17) is 15.3 Å². The summed E-state index contributed by atoms with van der Waals surface area (Å²) in [5.41, 5.74) is 2.31. The Morgan fingerprint density at radius 3 is 1.00 bits per heavy atom. The van der Waals surface area contributed by atoms with Gasteiger partial charge >= 0.3 is 0 Å². The first-order chi connectivity index (χ1) is 15.7. The Bertz CT molecular complexity index is 482. The molecule has 3 N–H and O–H groups in total. The summed E-state index contributed by atoms with van der Waals surface area (Å²) in [6, 6.07) is 0. The van der Waals surface area contributed by atoms with Gasteiger partial charge in [-0.1, -0.05) is 97.8 Å². The molecule has 33 heavy (non-hydrogen) atoms. The van der Waals surface area contributed by atoms with E-state index >= 15 is 0 Å². The second-order valence-electron chi connectivity index (χ2n) is 8.89. The fourth-order valence-corrected chi connectivity index (χ4v) is 3.77. The van der Waals surface area contributed by atoms with Crippen LogP contribution in [0.3, 0.4) is 0 Å². The summed E-state index contributed by atoms with van der Waals surface area (Å²) in [6.07, 6.45) is 16.4. The third-order valence-electron chi connectivity index (χ3n) is 5.95. The third-order valence-corrected chi connectivity index (χ3v) is 5.95. The van der Waals surface area contributed by atoms with Crippen molar-refractivity contribution in [2.24, 2.45) is 0 Å². The van der Waals surface area contributed by atoms with Gasteiger partial charge in [-0.05, 0) is 19.3 Å². The SMILES string of the molecule is CCCCCCCC(=O)C([NH3+])(C(=O)CCCCCCC)C(=O)CCCCCCC.O=[N+]([O-])[O-]. The summed E-state index contributed by atoms with van der Waals surface area (Å²) in [5.74, 6) is -0.733. The lowest BCUT2D eigenvalue weighted by Crippen LogP contribution is -2.84. The molecule has 0 bridgehead atoms. The number of unbranched alkanes of at least 4 members (excludes halogenated alkanes) is 12. The van der Waals surface area contributed by atoms with Gasteiger partial charge in [-0.3, -0.25) is 14.4 Å². The van der Waals surface area contributed by atoms with Gasteiger partial charge in [0.25, 0.3) is 5.54 Å². The van der Waals surface area contributed by atoms with E-state index in [2.05, 4.69) is 26.5 Å². The maximum Gasteiger partial charge on any atom is 0.270 e. The van der Waals surface area contributed by atoms with Crippen molar-refractivity contribution in [2.45, 2.75) is 142 Å². The molecule has 0 unspecified atom stereocenters. The highest BCUT2D eigenvalue weighted by Gasteiger charge is 2.50. The maximum atomic E-state index is 12.9. The van der Waals surface area contributed by atoms with Gasteiger partial charge in [0.2, 0.25) is 17.3 Å². The van der Waals surface area contributed by atoms with Crippen LogP contribution in [0.15, 0.2) is 0 Å². The van der Waals surface area contributed by atoms with Gasteiger partial charge in [0, 0.05) is 19.3 Å². The van der Waals surface area contributed by atoms with Crippen LogP contribution in [0, 0.1) is 15.3 Å². The van der Waals surface area contributed by atoms with Crippen molar-refractivity contribution in [1.82, 2.24) is 0 Å². The molecule has 0 saturated heterocycles. The molecule has 0 saturated carbocycles. The number of carbonyl (C=O) groups excluding carboxylic acids is 3. The van der Waals surface area contributed by atoms with Crippen LogP contribution < -0.4 is 5.73 Å². The van der Waals surface area contributed by atoms with Gasteiger partial charge in [0.1, 0.15) is 0 Å². The van der Waals surface area contributed by atoms with Crippen LogP contribution in [0.4, 0.5) is 0 Å². The number of nitrogens with zero attached hydrogens (tertiary/aromatic N) is 1. The van der Waals surface area contributed by atoms with E-state index in [0.29, 0.717) is 19.3 Å². The van der Waals surface area contributed by atoms with E-state index in [1.165, 1.54) is 0 Å². The van der Waals surface area contributed by atoms with Crippen molar-refractivity contribution in [3.63, 3.8) is 0 Å². The van der Waals surface area contributed by atoms with Crippen molar-refractivity contribution in [3.05, 3.63) is 15.3 Å². The molecule has 0 atom stereocenters. The molecule has 0 aromatic heterocycles. The van der Waals surface area contributed by atoms with Gasteiger partial charge in [-0.15, -0.1) is 0 Å². The molecule has 0 heterocycles. The summed E-state index contributed by atoms with van der Waals surface area (Å²) in [5, 5.41) is 14.8. The molecule has 8 heteroatoms. The predicted octanol–water partition coefficient (Wildman–Crippen LogP) is 5.52. The lowest BCUT2D eigenvalue weighted by Gasteiger charge is -2.22. The highest BCUT2D eigenvalue weighted by molar-refractivity contribution is 6.27. The standard InChI is InChI=1S/C25H47NO3.NO3/c1-4-7-10-13-16-19-22(27)25(26,23(28)20-17-14-11-8-5-2)24(29)21-18-15-12-9-6-3;2-1(3)4/h4-21,26H2,1-3H3;/q;-1/p+1. The zero-order valence-corrected chi connectivity index (χ0v) is 21.3. The van der Waals surface area contributed by atoms with E-state index in [0.717, 1.165) is 96.3 Å². The number of quaternary nitrogens is 1. The smallest absolute Gasteiger partial charge is 0.270 e. The number of rotatable bonds is 21. The van der Waals surface area contributed by atoms with E-state index in [1.54, 1.807) is 0 Å². The first kappa shape index (κ1) is 33.3. The molecule has 194 valence electrons. The largest absolute Gasteiger partial charge is 0.356 e. The minimum absolute atomic E-state index is 0.244. The average molecular weight is 473 g/mol. The van der Waals surface area contributed by atoms with Gasteiger partial charge < -0.3 is 21.1 Å². The van der Waals surface area contributed by atoms with Crippen molar-refractivity contribution in [1.29, 1.82) is 0 Å². The van der Waals surface area contributed by atoms with Crippen LogP contribution in [-0.4, -0.2) is 28.0 Å². The summed E-state index contributed by atoms with van der Waals surface area (Å²) in [6.45, 7) is 6.47. The van der Waals surface area contributed by atoms with Crippen molar-refractivity contribution in [2.75, 3.05) is 0 Å². The summed E-state index contributed by atoms with van der Waals surface area (Å²) in [4.78, 5) is 47.1. The van der Waals surface area contributed by atoms with Crippen LogP contribution in [0.25, 0.3) is 0 Å². The minimum atomic E-state index is -1.75. The molecular weight excluding hydrogens is 424 g/mol. The molecule has 0 rings (SSSR count). The van der Waals surface area contributed by atoms with Crippen molar-refractivity contribution >= 4 is 17.3 Å².